The van der Waals surface area contributed by atoms with Crippen LogP contribution in [0.1, 0.15) is 12.0 Å². The van der Waals surface area contributed by atoms with Crippen molar-refractivity contribution in [3.05, 3.63) is 28.2 Å². The summed E-state index contributed by atoms with van der Waals surface area (Å²) in [7, 11) is 0. The van der Waals surface area contributed by atoms with E-state index in [0.717, 1.165) is 0 Å². The molecule has 82 valence electrons. The number of amides is 1. The van der Waals surface area contributed by atoms with Gasteiger partial charge in [0.15, 0.2) is 0 Å². The summed E-state index contributed by atoms with van der Waals surface area (Å²) in [6.45, 7) is 0. The van der Waals surface area contributed by atoms with E-state index < -0.39 is 18.3 Å². The lowest BCUT2D eigenvalue weighted by molar-refractivity contribution is -0.139. The molecule has 0 aliphatic heterocycles. The van der Waals surface area contributed by atoms with E-state index in [-0.39, 0.29) is 5.56 Å². The van der Waals surface area contributed by atoms with Gasteiger partial charge in [0, 0.05) is 4.47 Å². The molecule has 5 nitrogen and oxygen atoms in total. The fourth-order valence-electron chi connectivity index (χ4n) is 1.05. The summed E-state index contributed by atoms with van der Waals surface area (Å²) in [5, 5.41) is 19.6. The van der Waals surface area contributed by atoms with Crippen LogP contribution in [0.2, 0.25) is 0 Å². The summed E-state index contributed by atoms with van der Waals surface area (Å²) in [5.41, 5.74) is 0.574. The minimum atomic E-state index is -1.21. The van der Waals surface area contributed by atoms with Gasteiger partial charge in [-0.05, 0) is 18.2 Å². The van der Waals surface area contributed by atoms with Crippen molar-refractivity contribution >= 4 is 33.5 Å². The molecule has 1 amide bonds. The molecule has 2 N–H and O–H groups in total. The van der Waals surface area contributed by atoms with Crippen molar-refractivity contribution in [2.75, 3.05) is 5.32 Å². The van der Waals surface area contributed by atoms with E-state index in [1.807, 2.05) is 6.07 Å². The Bertz CT molecular complexity index is 479. The van der Waals surface area contributed by atoms with Crippen molar-refractivity contribution in [1.29, 1.82) is 5.26 Å². The van der Waals surface area contributed by atoms with Crippen molar-refractivity contribution in [2.45, 2.75) is 6.42 Å². The standard InChI is InChI=1S/C10H7BrN2O3/c11-7-1-2-8(6(3-7)5-12)13-9(14)4-10(15)16/h1-3H,4H2,(H,13,14)(H,15,16). The largest absolute Gasteiger partial charge is 0.481 e. The van der Waals surface area contributed by atoms with Crippen LogP contribution in [0.4, 0.5) is 5.69 Å². The Morgan fingerprint density at radius 3 is 2.75 bits per heavy atom. The topological polar surface area (TPSA) is 90.2 Å². The number of hydrogen-bond donors (Lipinski definition) is 2. The van der Waals surface area contributed by atoms with Gasteiger partial charge in [-0.3, -0.25) is 9.59 Å². The van der Waals surface area contributed by atoms with E-state index >= 15 is 0 Å². The van der Waals surface area contributed by atoms with Gasteiger partial charge < -0.3 is 10.4 Å². The highest BCUT2D eigenvalue weighted by atomic mass is 79.9. The van der Waals surface area contributed by atoms with Crippen molar-refractivity contribution in [3.8, 4) is 6.07 Å². The second-order valence-corrected chi connectivity index (χ2v) is 3.84. The van der Waals surface area contributed by atoms with Crippen LogP contribution in [0.15, 0.2) is 22.7 Å². The molecule has 1 aromatic rings. The first kappa shape index (κ1) is 12.2. The van der Waals surface area contributed by atoms with Gasteiger partial charge in [-0.1, -0.05) is 15.9 Å². The SMILES string of the molecule is N#Cc1cc(Br)ccc1NC(=O)CC(=O)O. The zero-order chi connectivity index (χ0) is 12.1. The number of carboxylic acids is 1. The Morgan fingerprint density at radius 2 is 2.19 bits per heavy atom. The summed E-state index contributed by atoms with van der Waals surface area (Å²) in [6.07, 6.45) is -0.624. The Kier molecular flexibility index (Phi) is 4.03. The third-order valence-corrected chi connectivity index (χ3v) is 2.18. The average Bonchev–Trinajstić information content (AvgIpc) is 2.19. The van der Waals surface area contributed by atoms with Crippen LogP contribution in [-0.2, 0) is 9.59 Å². The minimum Gasteiger partial charge on any atom is -0.481 e. The van der Waals surface area contributed by atoms with Crippen LogP contribution in [0.25, 0.3) is 0 Å². The Morgan fingerprint density at radius 1 is 1.50 bits per heavy atom. The second-order valence-electron chi connectivity index (χ2n) is 2.92. The zero-order valence-corrected chi connectivity index (χ0v) is 9.61. The first-order valence-corrected chi connectivity index (χ1v) is 5.03. The van der Waals surface area contributed by atoms with Gasteiger partial charge in [-0.25, -0.2) is 0 Å². The monoisotopic (exact) mass is 282 g/mol. The van der Waals surface area contributed by atoms with E-state index in [0.29, 0.717) is 10.2 Å². The molecular weight excluding hydrogens is 276 g/mol. The molecule has 0 saturated carbocycles. The van der Waals surface area contributed by atoms with Gasteiger partial charge in [0.25, 0.3) is 0 Å². The van der Waals surface area contributed by atoms with Gasteiger partial charge in [-0.15, -0.1) is 0 Å². The number of carbonyl (C=O) groups is 2. The highest BCUT2D eigenvalue weighted by molar-refractivity contribution is 9.10. The number of carboxylic acid groups (broad SMARTS) is 1. The number of rotatable bonds is 3. The summed E-state index contributed by atoms with van der Waals surface area (Å²) >= 11 is 3.19. The molecule has 0 atom stereocenters. The van der Waals surface area contributed by atoms with Gasteiger partial charge in [0.2, 0.25) is 5.91 Å². The smallest absolute Gasteiger partial charge is 0.312 e. The van der Waals surface area contributed by atoms with Crippen LogP contribution in [0.3, 0.4) is 0 Å². The van der Waals surface area contributed by atoms with Gasteiger partial charge >= 0.3 is 5.97 Å². The Labute approximate surface area is 99.8 Å². The molecule has 0 saturated heterocycles. The van der Waals surface area contributed by atoms with Crippen LogP contribution >= 0.6 is 15.9 Å². The predicted octanol–water partition coefficient (Wildman–Crippen LogP) is 1.73. The maximum atomic E-state index is 11.2. The minimum absolute atomic E-state index is 0.271. The molecule has 0 radical (unpaired) electrons. The Balaban J connectivity index is 2.86. The molecular formula is C10H7BrN2O3. The van der Waals surface area contributed by atoms with E-state index in [4.69, 9.17) is 10.4 Å². The number of hydrogen-bond acceptors (Lipinski definition) is 3. The number of nitriles is 1. The van der Waals surface area contributed by atoms with E-state index in [1.165, 1.54) is 12.1 Å². The number of halogens is 1. The van der Waals surface area contributed by atoms with Crippen molar-refractivity contribution in [1.82, 2.24) is 0 Å². The summed E-state index contributed by atoms with van der Waals surface area (Å²) < 4.78 is 0.709. The fourth-order valence-corrected chi connectivity index (χ4v) is 1.41. The molecule has 0 aliphatic rings. The summed E-state index contributed by atoms with van der Waals surface area (Å²) in [5.74, 6) is -1.88. The third kappa shape index (κ3) is 3.37. The molecule has 6 heteroatoms. The number of benzene rings is 1. The maximum Gasteiger partial charge on any atom is 0.312 e. The third-order valence-electron chi connectivity index (χ3n) is 1.69. The molecule has 0 aliphatic carbocycles. The number of aliphatic carboxylic acids is 1. The van der Waals surface area contributed by atoms with Gasteiger partial charge in [0.05, 0.1) is 11.3 Å². The van der Waals surface area contributed by atoms with Crippen molar-refractivity contribution in [3.63, 3.8) is 0 Å². The van der Waals surface area contributed by atoms with Gasteiger partial charge in [0.1, 0.15) is 12.5 Å². The first-order chi connectivity index (χ1) is 7.52. The molecule has 16 heavy (non-hydrogen) atoms. The van der Waals surface area contributed by atoms with E-state index in [2.05, 4.69) is 21.2 Å². The van der Waals surface area contributed by atoms with Crippen molar-refractivity contribution in [2.24, 2.45) is 0 Å². The van der Waals surface area contributed by atoms with Crippen molar-refractivity contribution < 1.29 is 14.7 Å². The summed E-state index contributed by atoms with van der Waals surface area (Å²) in [6, 6.07) is 6.62. The van der Waals surface area contributed by atoms with Crippen LogP contribution in [0, 0.1) is 11.3 Å². The molecule has 0 bridgehead atoms. The number of anilines is 1. The molecule has 0 spiro atoms. The molecule has 0 aromatic heterocycles. The molecule has 0 fully saturated rings. The van der Waals surface area contributed by atoms with Gasteiger partial charge in [-0.2, -0.15) is 5.26 Å². The molecule has 1 aromatic carbocycles. The lowest BCUT2D eigenvalue weighted by atomic mass is 10.2. The quantitative estimate of drug-likeness (QED) is 0.826. The zero-order valence-electron chi connectivity index (χ0n) is 8.03. The highest BCUT2D eigenvalue weighted by Gasteiger charge is 2.10. The number of carbonyl (C=O) groups excluding carboxylic acids is 1. The Hall–Kier alpha value is -1.87. The second kappa shape index (κ2) is 5.28. The van der Waals surface area contributed by atoms with Crippen LogP contribution in [0.5, 0.6) is 0 Å². The summed E-state index contributed by atoms with van der Waals surface area (Å²) in [4.78, 5) is 21.4. The first-order valence-electron chi connectivity index (χ1n) is 4.24. The molecule has 1 rings (SSSR count). The predicted molar refractivity (Wildman–Crippen MR) is 59.7 cm³/mol. The molecule has 0 unspecified atom stereocenters. The molecule has 0 heterocycles. The maximum absolute atomic E-state index is 11.2. The van der Waals surface area contributed by atoms with E-state index in [1.54, 1.807) is 6.07 Å². The lowest BCUT2D eigenvalue weighted by Gasteiger charge is -2.05. The average molecular weight is 283 g/mol. The number of nitrogens with zero attached hydrogens (tertiary/aromatic N) is 1. The normalized spacial score (nSPS) is 9.25. The van der Waals surface area contributed by atoms with Crippen LogP contribution in [-0.4, -0.2) is 17.0 Å². The fraction of sp³-hybridized carbons (Fsp3) is 0.100. The van der Waals surface area contributed by atoms with Crippen LogP contribution < -0.4 is 5.32 Å². The lowest BCUT2D eigenvalue weighted by Crippen LogP contribution is -2.16. The number of nitrogens with one attached hydrogen (secondary N) is 1. The van der Waals surface area contributed by atoms with E-state index in [9.17, 15) is 9.59 Å². The highest BCUT2D eigenvalue weighted by Crippen LogP contribution is 2.20.